The fraction of sp³-hybridized carbons (Fsp3) is 0.654. The van der Waals surface area contributed by atoms with E-state index in [2.05, 4.69) is 26.9 Å². The Labute approximate surface area is 209 Å². The zero-order chi connectivity index (χ0) is 24.9. The molecule has 1 aromatic carbocycles. The summed E-state index contributed by atoms with van der Waals surface area (Å²) in [7, 11) is 3.42. The van der Waals surface area contributed by atoms with E-state index in [1.807, 2.05) is 12.1 Å². The van der Waals surface area contributed by atoms with Crippen LogP contribution < -0.4 is 15.1 Å². The number of piperazine rings is 1. The summed E-state index contributed by atoms with van der Waals surface area (Å²) in [5.74, 6) is -0.325. The Kier molecular flexibility index (Phi) is 8.28. The van der Waals surface area contributed by atoms with E-state index in [1.54, 1.807) is 25.1 Å². The van der Waals surface area contributed by atoms with Gasteiger partial charge in [-0.05, 0) is 57.0 Å². The van der Waals surface area contributed by atoms with Crippen LogP contribution >= 0.6 is 0 Å². The molecule has 3 aliphatic heterocycles. The lowest BCUT2D eigenvalue weighted by molar-refractivity contribution is -0.125. The van der Waals surface area contributed by atoms with Crippen LogP contribution in [-0.2, 0) is 9.59 Å². The number of amides is 3. The van der Waals surface area contributed by atoms with Gasteiger partial charge in [0.25, 0.3) is 5.91 Å². The average molecular weight is 485 g/mol. The Morgan fingerprint density at radius 1 is 1.03 bits per heavy atom. The molecule has 0 spiro atoms. The van der Waals surface area contributed by atoms with Gasteiger partial charge in [0.05, 0.1) is 11.4 Å². The summed E-state index contributed by atoms with van der Waals surface area (Å²) in [6.45, 7) is 10.0. The lowest BCUT2D eigenvalue weighted by Crippen LogP contribution is -2.57. The third-order valence-electron chi connectivity index (χ3n) is 7.47. The highest BCUT2D eigenvalue weighted by molar-refractivity contribution is 6.09. The maximum absolute atomic E-state index is 13.5. The van der Waals surface area contributed by atoms with Crippen LogP contribution in [0.5, 0.6) is 0 Å². The summed E-state index contributed by atoms with van der Waals surface area (Å²) < 4.78 is 0. The van der Waals surface area contributed by atoms with Gasteiger partial charge in [0.15, 0.2) is 0 Å². The van der Waals surface area contributed by atoms with Gasteiger partial charge in [-0.1, -0.05) is 6.92 Å². The third kappa shape index (κ3) is 5.78. The number of anilines is 2. The van der Waals surface area contributed by atoms with Gasteiger partial charge in [-0.3, -0.25) is 19.3 Å². The van der Waals surface area contributed by atoms with Crippen molar-refractivity contribution in [2.75, 3.05) is 82.8 Å². The van der Waals surface area contributed by atoms with Gasteiger partial charge in [-0.25, -0.2) is 0 Å². The summed E-state index contributed by atoms with van der Waals surface area (Å²) >= 11 is 0. The van der Waals surface area contributed by atoms with E-state index < -0.39 is 0 Å². The normalized spacial score (nSPS) is 20.9. The zero-order valence-electron chi connectivity index (χ0n) is 21.5. The number of carbonyl (C=O) groups excluding carboxylic acids is 3. The number of benzene rings is 1. The minimum absolute atomic E-state index is 0.0229. The molecule has 2 saturated heterocycles. The highest BCUT2D eigenvalue weighted by Crippen LogP contribution is 2.40. The highest BCUT2D eigenvalue weighted by atomic mass is 16.2. The second-order valence-electron chi connectivity index (χ2n) is 10.0. The minimum atomic E-state index is -0.235. The van der Waals surface area contributed by atoms with Crippen molar-refractivity contribution in [2.24, 2.45) is 0 Å². The molecule has 192 valence electrons. The van der Waals surface area contributed by atoms with Gasteiger partial charge in [-0.15, -0.1) is 0 Å². The third-order valence-corrected chi connectivity index (χ3v) is 7.47. The number of carbonyl (C=O) groups is 3. The molecule has 0 aliphatic carbocycles. The van der Waals surface area contributed by atoms with Crippen molar-refractivity contribution < 1.29 is 14.4 Å². The molecule has 0 unspecified atom stereocenters. The maximum Gasteiger partial charge on any atom is 0.253 e. The first-order valence-corrected chi connectivity index (χ1v) is 13.0. The molecule has 9 heteroatoms. The first-order chi connectivity index (χ1) is 16.9. The quantitative estimate of drug-likeness (QED) is 0.560. The van der Waals surface area contributed by atoms with Crippen molar-refractivity contribution in [1.82, 2.24) is 20.0 Å². The Morgan fingerprint density at radius 2 is 1.77 bits per heavy atom. The molecule has 0 bridgehead atoms. The number of nitrogens with one attached hydrogen (secondary N) is 1. The van der Waals surface area contributed by atoms with E-state index in [0.29, 0.717) is 17.8 Å². The Hall–Kier alpha value is -2.65. The van der Waals surface area contributed by atoms with Crippen LogP contribution in [0.15, 0.2) is 18.2 Å². The molecule has 0 radical (unpaired) electrons. The fourth-order valence-electron chi connectivity index (χ4n) is 5.37. The molecule has 0 saturated carbocycles. The first-order valence-electron chi connectivity index (χ1n) is 13.0. The number of piperidine rings is 1. The van der Waals surface area contributed by atoms with Crippen molar-refractivity contribution in [3.63, 3.8) is 0 Å². The largest absolute Gasteiger partial charge is 0.358 e. The molecule has 0 aromatic heterocycles. The van der Waals surface area contributed by atoms with Crippen LogP contribution in [0.1, 0.15) is 43.0 Å². The number of hydrogen-bond acceptors (Lipinski definition) is 6. The van der Waals surface area contributed by atoms with Gasteiger partial charge >= 0.3 is 0 Å². The molecular formula is C26H40N6O3. The lowest BCUT2D eigenvalue weighted by Gasteiger charge is -2.45. The standard InChI is InChI=1S/C26H40N6O3/c1-4-29-14-16-30(17-15-29)12-7-11-27-24(33)19-32-23-18-20(25(34)28(2)3)9-10-21(23)31-13-6-5-8-22(31)26(32)35/h9-10,18,22H,4-8,11-17,19H2,1-3H3,(H,27,33)/t22-/m1/s1. The summed E-state index contributed by atoms with van der Waals surface area (Å²) in [4.78, 5) is 49.1. The molecule has 1 aromatic rings. The summed E-state index contributed by atoms with van der Waals surface area (Å²) in [6.07, 6.45) is 3.72. The Bertz CT molecular complexity index is 928. The van der Waals surface area contributed by atoms with Crippen molar-refractivity contribution in [1.29, 1.82) is 0 Å². The Balaban J connectivity index is 1.39. The van der Waals surface area contributed by atoms with Crippen molar-refractivity contribution in [3.05, 3.63) is 23.8 Å². The number of rotatable bonds is 8. The summed E-state index contributed by atoms with van der Waals surface area (Å²) in [5.41, 5.74) is 2.11. The van der Waals surface area contributed by atoms with E-state index in [4.69, 9.17) is 0 Å². The van der Waals surface area contributed by atoms with Crippen molar-refractivity contribution in [2.45, 2.75) is 38.6 Å². The second kappa shape index (κ2) is 11.4. The second-order valence-corrected chi connectivity index (χ2v) is 10.0. The van der Waals surface area contributed by atoms with E-state index in [-0.39, 0.29) is 30.3 Å². The first kappa shape index (κ1) is 25.4. The number of hydrogen-bond donors (Lipinski definition) is 1. The number of likely N-dealkylation sites (N-methyl/N-ethyl adjacent to an activating group) is 1. The van der Waals surface area contributed by atoms with Crippen LogP contribution in [0.25, 0.3) is 0 Å². The SMILES string of the molecule is CCN1CCN(CCCNC(=O)CN2C(=O)[C@H]3CCCCN3c3ccc(C(=O)N(C)C)cc32)CC1. The lowest BCUT2D eigenvalue weighted by atomic mass is 9.95. The molecule has 3 aliphatic rings. The van der Waals surface area contributed by atoms with Gasteiger partial charge in [0, 0.05) is 58.9 Å². The average Bonchev–Trinajstić information content (AvgIpc) is 2.88. The molecule has 3 amide bonds. The van der Waals surface area contributed by atoms with E-state index >= 15 is 0 Å². The molecule has 9 nitrogen and oxygen atoms in total. The van der Waals surface area contributed by atoms with Crippen LogP contribution in [0.3, 0.4) is 0 Å². The monoisotopic (exact) mass is 484 g/mol. The molecule has 3 heterocycles. The van der Waals surface area contributed by atoms with Crippen molar-refractivity contribution >= 4 is 29.1 Å². The molecule has 35 heavy (non-hydrogen) atoms. The predicted octanol–water partition coefficient (Wildman–Crippen LogP) is 1.24. The maximum atomic E-state index is 13.5. The smallest absolute Gasteiger partial charge is 0.253 e. The summed E-state index contributed by atoms with van der Waals surface area (Å²) in [6, 6.07) is 5.28. The molecule has 2 fully saturated rings. The van der Waals surface area contributed by atoms with E-state index in [1.165, 1.54) is 4.90 Å². The number of nitrogens with zero attached hydrogens (tertiary/aromatic N) is 5. The van der Waals surface area contributed by atoms with Crippen molar-refractivity contribution in [3.8, 4) is 0 Å². The van der Waals surface area contributed by atoms with Gasteiger partial charge < -0.3 is 24.9 Å². The minimum Gasteiger partial charge on any atom is -0.358 e. The summed E-state index contributed by atoms with van der Waals surface area (Å²) in [5, 5.41) is 3.01. The van der Waals surface area contributed by atoms with Gasteiger partial charge in [0.1, 0.15) is 12.6 Å². The topological polar surface area (TPSA) is 79.4 Å². The molecule has 1 N–H and O–H groups in total. The molecule has 1 atom stereocenters. The van der Waals surface area contributed by atoms with Gasteiger partial charge in [0.2, 0.25) is 11.8 Å². The van der Waals surface area contributed by atoms with E-state index in [9.17, 15) is 14.4 Å². The number of fused-ring (bicyclic) bond motifs is 3. The molecular weight excluding hydrogens is 444 g/mol. The van der Waals surface area contributed by atoms with Crippen LogP contribution in [-0.4, -0.2) is 111 Å². The van der Waals surface area contributed by atoms with Gasteiger partial charge in [-0.2, -0.15) is 0 Å². The molecule has 4 rings (SSSR count). The van der Waals surface area contributed by atoms with Crippen LogP contribution in [0.4, 0.5) is 11.4 Å². The van der Waals surface area contributed by atoms with Crippen LogP contribution in [0.2, 0.25) is 0 Å². The Morgan fingerprint density at radius 3 is 2.49 bits per heavy atom. The highest BCUT2D eigenvalue weighted by Gasteiger charge is 2.40. The fourth-order valence-corrected chi connectivity index (χ4v) is 5.37. The zero-order valence-corrected chi connectivity index (χ0v) is 21.5. The van der Waals surface area contributed by atoms with E-state index in [0.717, 1.165) is 77.2 Å². The predicted molar refractivity (Wildman–Crippen MR) is 138 cm³/mol. The van der Waals surface area contributed by atoms with Crippen LogP contribution in [0, 0.1) is 0 Å².